The van der Waals surface area contributed by atoms with Crippen molar-refractivity contribution >= 4 is 27.5 Å². The number of rotatable bonds is 5. The largest absolute Gasteiger partial charge is 0.340 e. The molecule has 3 rings (SSSR count). The summed E-state index contributed by atoms with van der Waals surface area (Å²) < 4.78 is 1.26. The molecule has 1 unspecified atom stereocenters. The molecule has 4 heteroatoms. The predicted molar refractivity (Wildman–Crippen MR) is 92.2 cm³/mol. The van der Waals surface area contributed by atoms with Gasteiger partial charge in [-0.25, -0.2) is 4.98 Å². The molecule has 0 radical (unpaired) electrons. The number of nitrogens with zero attached hydrogens (tertiary/aromatic N) is 2. The van der Waals surface area contributed by atoms with Gasteiger partial charge < -0.3 is 4.90 Å². The summed E-state index contributed by atoms with van der Waals surface area (Å²) >= 11 is 1.78. The van der Waals surface area contributed by atoms with Crippen LogP contribution < -0.4 is 0 Å². The zero-order chi connectivity index (χ0) is 15.4. The van der Waals surface area contributed by atoms with Crippen molar-refractivity contribution in [2.75, 3.05) is 6.54 Å². The van der Waals surface area contributed by atoms with Gasteiger partial charge >= 0.3 is 0 Å². The minimum atomic E-state index is 0.344. The lowest BCUT2D eigenvalue weighted by Gasteiger charge is -2.33. The molecule has 1 fully saturated rings. The van der Waals surface area contributed by atoms with Gasteiger partial charge in [0.05, 0.1) is 15.2 Å². The third-order valence-corrected chi connectivity index (χ3v) is 5.59. The molecule has 1 aliphatic heterocycles. The number of hydrogen-bond donors (Lipinski definition) is 0. The highest BCUT2D eigenvalue weighted by molar-refractivity contribution is 7.18. The standard InChI is InChI=1S/C18H24N2OS/c1-14-8-6-7-13-20(14)18(21)12-5-4-11-17-19-15-9-2-3-10-16(15)22-17/h2-3,9-10,14H,4-8,11-13H2,1H3. The quantitative estimate of drug-likeness (QED) is 0.766. The van der Waals surface area contributed by atoms with E-state index in [9.17, 15) is 4.79 Å². The van der Waals surface area contributed by atoms with E-state index in [2.05, 4.69) is 35.0 Å². The molecule has 22 heavy (non-hydrogen) atoms. The summed E-state index contributed by atoms with van der Waals surface area (Å²) in [5.74, 6) is 0.344. The van der Waals surface area contributed by atoms with Crippen LogP contribution in [0.25, 0.3) is 10.2 Å². The second kappa shape index (κ2) is 7.23. The number of fused-ring (bicyclic) bond motifs is 1. The number of para-hydroxylation sites is 1. The van der Waals surface area contributed by atoms with E-state index >= 15 is 0 Å². The SMILES string of the molecule is CC1CCCCN1C(=O)CCCCc1nc2ccccc2s1. The molecule has 3 nitrogen and oxygen atoms in total. The maximum atomic E-state index is 12.3. The van der Waals surface area contributed by atoms with Gasteiger partial charge in [0.15, 0.2) is 0 Å². The number of benzene rings is 1. The second-order valence-corrected chi connectivity index (χ2v) is 7.33. The fourth-order valence-corrected chi connectivity index (χ4v) is 4.20. The van der Waals surface area contributed by atoms with E-state index in [1.54, 1.807) is 11.3 Å². The van der Waals surface area contributed by atoms with E-state index < -0.39 is 0 Å². The average Bonchev–Trinajstić information content (AvgIpc) is 2.94. The van der Waals surface area contributed by atoms with Crippen molar-refractivity contribution in [3.63, 3.8) is 0 Å². The van der Waals surface area contributed by atoms with Crippen LogP contribution >= 0.6 is 11.3 Å². The predicted octanol–water partition coefficient (Wildman–Crippen LogP) is 4.41. The van der Waals surface area contributed by atoms with E-state index in [1.807, 2.05) is 6.07 Å². The normalized spacial score (nSPS) is 18.8. The van der Waals surface area contributed by atoms with Gasteiger partial charge in [0.25, 0.3) is 0 Å². The van der Waals surface area contributed by atoms with Crippen molar-refractivity contribution in [1.82, 2.24) is 9.88 Å². The highest BCUT2D eigenvalue weighted by Crippen LogP contribution is 2.23. The summed E-state index contributed by atoms with van der Waals surface area (Å²) in [5.41, 5.74) is 1.10. The fraction of sp³-hybridized carbons (Fsp3) is 0.556. The number of likely N-dealkylation sites (tertiary alicyclic amines) is 1. The number of aromatic nitrogens is 1. The molecular formula is C18H24N2OS. The van der Waals surface area contributed by atoms with Crippen LogP contribution in [0.3, 0.4) is 0 Å². The molecule has 1 aromatic heterocycles. The molecule has 2 aromatic rings. The van der Waals surface area contributed by atoms with Gasteiger partial charge in [-0.2, -0.15) is 0 Å². The van der Waals surface area contributed by atoms with E-state index in [1.165, 1.54) is 22.5 Å². The summed E-state index contributed by atoms with van der Waals surface area (Å²) in [6, 6.07) is 8.71. The van der Waals surface area contributed by atoms with Crippen LogP contribution in [0.2, 0.25) is 0 Å². The van der Waals surface area contributed by atoms with Crippen LogP contribution in [0.1, 0.15) is 50.5 Å². The number of hydrogen-bond acceptors (Lipinski definition) is 3. The lowest BCUT2D eigenvalue weighted by Crippen LogP contribution is -2.41. The third kappa shape index (κ3) is 3.67. The molecule has 1 atom stereocenters. The summed E-state index contributed by atoms with van der Waals surface area (Å²) in [4.78, 5) is 19.0. The van der Waals surface area contributed by atoms with Crippen LogP contribution in [0.5, 0.6) is 0 Å². The Kier molecular flexibility index (Phi) is 5.08. The lowest BCUT2D eigenvalue weighted by atomic mass is 10.0. The van der Waals surface area contributed by atoms with Crippen LogP contribution in [0.15, 0.2) is 24.3 Å². The minimum absolute atomic E-state index is 0.344. The topological polar surface area (TPSA) is 33.2 Å². The first kappa shape index (κ1) is 15.5. The highest BCUT2D eigenvalue weighted by atomic mass is 32.1. The molecule has 0 bridgehead atoms. The van der Waals surface area contributed by atoms with Gasteiger partial charge in [0.1, 0.15) is 0 Å². The van der Waals surface area contributed by atoms with Crippen molar-refractivity contribution in [3.8, 4) is 0 Å². The Balaban J connectivity index is 1.44. The molecule has 118 valence electrons. The van der Waals surface area contributed by atoms with Gasteiger partial charge in [0, 0.05) is 19.0 Å². The van der Waals surface area contributed by atoms with E-state index in [4.69, 9.17) is 0 Å². The number of carbonyl (C=O) groups excluding carboxylic acids is 1. The van der Waals surface area contributed by atoms with Gasteiger partial charge in [0.2, 0.25) is 5.91 Å². The number of thiazole rings is 1. The average molecular weight is 316 g/mol. The van der Waals surface area contributed by atoms with E-state index in [-0.39, 0.29) is 0 Å². The molecule has 0 spiro atoms. The Morgan fingerprint density at radius 2 is 2.18 bits per heavy atom. The summed E-state index contributed by atoms with van der Waals surface area (Å²) in [5, 5.41) is 1.19. The van der Waals surface area contributed by atoms with Crippen LogP contribution in [0.4, 0.5) is 0 Å². The van der Waals surface area contributed by atoms with E-state index in [0.29, 0.717) is 18.4 Å². The number of aryl methyl sites for hydroxylation is 1. The Hall–Kier alpha value is -1.42. The van der Waals surface area contributed by atoms with Crippen molar-refractivity contribution in [3.05, 3.63) is 29.3 Å². The van der Waals surface area contributed by atoms with Crippen molar-refractivity contribution in [1.29, 1.82) is 0 Å². The zero-order valence-corrected chi connectivity index (χ0v) is 14.1. The molecule has 1 saturated heterocycles. The number of piperidine rings is 1. The van der Waals surface area contributed by atoms with Crippen molar-refractivity contribution in [2.45, 2.75) is 57.9 Å². The van der Waals surface area contributed by atoms with Crippen molar-refractivity contribution < 1.29 is 4.79 Å². The molecule has 1 aromatic carbocycles. The second-order valence-electron chi connectivity index (χ2n) is 6.21. The Morgan fingerprint density at radius 3 is 3.00 bits per heavy atom. The molecular weight excluding hydrogens is 292 g/mol. The number of unbranched alkanes of at least 4 members (excludes halogenated alkanes) is 1. The van der Waals surface area contributed by atoms with Gasteiger partial charge in [-0.15, -0.1) is 11.3 Å². The van der Waals surface area contributed by atoms with Gasteiger partial charge in [-0.1, -0.05) is 12.1 Å². The number of carbonyl (C=O) groups is 1. The first-order chi connectivity index (χ1) is 10.7. The fourth-order valence-electron chi connectivity index (χ4n) is 3.19. The van der Waals surface area contributed by atoms with Gasteiger partial charge in [-0.3, -0.25) is 4.79 Å². The molecule has 0 saturated carbocycles. The Morgan fingerprint density at radius 1 is 1.32 bits per heavy atom. The summed E-state index contributed by atoms with van der Waals surface area (Å²) in [7, 11) is 0. The maximum Gasteiger partial charge on any atom is 0.222 e. The number of amides is 1. The third-order valence-electron chi connectivity index (χ3n) is 4.49. The van der Waals surface area contributed by atoms with E-state index in [0.717, 1.165) is 37.7 Å². The Labute approximate surface area is 136 Å². The summed E-state index contributed by atoms with van der Waals surface area (Å²) in [6.45, 7) is 3.13. The van der Waals surface area contributed by atoms with Crippen LogP contribution in [0, 0.1) is 0 Å². The molecule has 0 N–H and O–H groups in total. The minimum Gasteiger partial charge on any atom is -0.340 e. The molecule has 1 amide bonds. The smallest absolute Gasteiger partial charge is 0.222 e. The maximum absolute atomic E-state index is 12.3. The van der Waals surface area contributed by atoms with Gasteiger partial charge in [-0.05, 0) is 57.6 Å². The first-order valence-corrected chi connectivity index (χ1v) is 9.19. The molecule has 1 aliphatic rings. The van der Waals surface area contributed by atoms with Crippen molar-refractivity contribution in [2.24, 2.45) is 0 Å². The zero-order valence-electron chi connectivity index (χ0n) is 13.3. The molecule has 0 aliphatic carbocycles. The van der Waals surface area contributed by atoms with Crippen LogP contribution in [-0.4, -0.2) is 28.4 Å². The highest BCUT2D eigenvalue weighted by Gasteiger charge is 2.22. The lowest BCUT2D eigenvalue weighted by molar-refractivity contribution is -0.134. The molecule has 2 heterocycles. The first-order valence-electron chi connectivity index (χ1n) is 8.38. The van der Waals surface area contributed by atoms with Crippen LogP contribution in [-0.2, 0) is 11.2 Å². The summed E-state index contributed by atoms with van der Waals surface area (Å²) in [6.07, 6.45) is 7.30. The monoisotopic (exact) mass is 316 g/mol. The Bertz CT molecular complexity index is 604.